The van der Waals surface area contributed by atoms with Crippen LogP contribution in [0.2, 0.25) is 0 Å². The first-order valence-corrected chi connectivity index (χ1v) is 13.4. The van der Waals surface area contributed by atoms with Crippen LogP contribution < -0.4 is 22.8 Å². The van der Waals surface area contributed by atoms with Crippen molar-refractivity contribution in [1.29, 1.82) is 0 Å². The van der Waals surface area contributed by atoms with E-state index in [0.29, 0.717) is 12.6 Å². The molecule has 0 aliphatic carbocycles. The molecule has 2 rings (SSSR count). The Bertz CT molecular complexity index is 327. The van der Waals surface area contributed by atoms with E-state index in [9.17, 15) is 9.90 Å². The molecule has 0 aromatic rings. The molecule has 5 nitrogen and oxygen atoms in total. The number of β-amino-alcohol motifs (C(OH)–C–C–N with tert-alkyl or cyclic N) is 1. The molecule has 7 heteroatoms. The van der Waals surface area contributed by atoms with Crippen LogP contribution in [-0.2, 0) is 4.79 Å². The topological polar surface area (TPSA) is 72.8 Å². The van der Waals surface area contributed by atoms with Crippen LogP contribution in [0.15, 0.2) is 0 Å². The molecule has 0 radical (unpaired) electrons. The number of carboxylic acids is 1. The van der Waals surface area contributed by atoms with E-state index in [2.05, 4.69) is 27.0 Å². The Morgan fingerprint density at radius 3 is 2.83 bits per heavy atom. The standard InChI is InChI=1S/C11H19I2N2O3/c1-11(18)6-14-10(11)8-4-7(5-9(16)17)2-3-15(8)13-12/h7-8,10,14,18H,2-6H2,1H3,(H,16,17)/q-1. The van der Waals surface area contributed by atoms with Gasteiger partial charge in [0.15, 0.2) is 0 Å². The molecule has 0 saturated carbocycles. The second-order valence-corrected chi connectivity index (χ2v) is 9.51. The normalized spacial score (nSPS) is 41.6. The third-order valence-corrected chi connectivity index (χ3v) is 8.77. The van der Waals surface area contributed by atoms with Gasteiger partial charge in [0.2, 0.25) is 0 Å². The molecule has 2 aliphatic heterocycles. The summed E-state index contributed by atoms with van der Waals surface area (Å²) in [7, 11) is 0. The quantitative estimate of drug-likeness (QED) is 0.309. The van der Waals surface area contributed by atoms with E-state index in [0.717, 1.165) is 19.4 Å². The Balaban J connectivity index is 2.01. The third-order valence-electron chi connectivity index (χ3n) is 3.97. The summed E-state index contributed by atoms with van der Waals surface area (Å²) in [5.41, 5.74) is -0.635. The van der Waals surface area contributed by atoms with Crippen molar-refractivity contribution in [2.24, 2.45) is 5.92 Å². The summed E-state index contributed by atoms with van der Waals surface area (Å²) in [6, 6.07) is 0.403. The van der Waals surface area contributed by atoms with Gasteiger partial charge in [-0.15, -0.1) is 0 Å². The molecule has 0 amide bonds. The van der Waals surface area contributed by atoms with Gasteiger partial charge in [0, 0.05) is 0 Å². The zero-order valence-electron chi connectivity index (χ0n) is 10.3. The number of piperidine rings is 1. The Hall–Kier alpha value is 0.810. The summed E-state index contributed by atoms with van der Waals surface area (Å²) in [6.07, 6.45) is 2.13. The molecular formula is C11H19I2N2O3-. The monoisotopic (exact) mass is 481 g/mol. The van der Waals surface area contributed by atoms with Gasteiger partial charge in [-0.1, -0.05) is 0 Å². The van der Waals surface area contributed by atoms with E-state index in [1.807, 2.05) is 6.92 Å². The second-order valence-electron chi connectivity index (χ2n) is 5.46. The van der Waals surface area contributed by atoms with Crippen LogP contribution in [0.5, 0.6) is 0 Å². The summed E-state index contributed by atoms with van der Waals surface area (Å²) < 4.78 is 2.46. The van der Waals surface area contributed by atoms with Crippen LogP contribution >= 0.6 is 18.6 Å². The van der Waals surface area contributed by atoms with E-state index in [4.69, 9.17) is 5.11 Å². The molecule has 4 atom stereocenters. The van der Waals surface area contributed by atoms with Crippen molar-refractivity contribution in [3.05, 3.63) is 0 Å². The number of nitrogens with zero attached hydrogens (tertiary/aromatic N) is 1. The summed E-state index contributed by atoms with van der Waals surface area (Å²) in [4.78, 5) is 10.8. The summed E-state index contributed by atoms with van der Waals surface area (Å²) in [6.45, 7) is 3.50. The van der Waals surface area contributed by atoms with Crippen molar-refractivity contribution >= 4 is 24.6 Å². The fraction of sp³-hybridized carbons (Fsp3) is 0.909. The average Bonchev–Trinajstić information content (AvgIpc) is 2.27. The number of nitrogens with one attached hydrogen (secondary N) is 1. The van der Waals surface area contributed by atoms with Gasteiger partial charge in [-0.25, -0.2) is 0 Å². The fourth-order valence-electron chi connectivity index (χ4n) is 2.92. The van der Waals surface area contributed by atoms with E-state index in [-0.39, 0.29) is 35.9 Å². The molecule has 0 spiro atoms. The van der Waals surface area contributed by atoms with Crippen molar-refractivity contribution in [2.75, 3.05) is 13.1 Å². The van der Waals surface area contributed by atoms with Gasteiger partial charge in [0.25, 0.3) is 0 Å². The maximum atomic E-state index is 10.8. The number of rotatable bonds is 4. The summed E-state index contributed by atoms with van der Waals surface area (Å²) in [5.74, 6) is -0.446. The second kappa shape index (κ2) is 6.06. The SMILES string of the molecule is CC1(O)CNC1C1CC(CC(=O)O)CCN1[I-]I. The molecule has 2 saturated heterocycles. The average molecular weight is 481 g/mol. The first-order valence-electron chi connectivity index (χ1n) is 6.14. The predicted octanol–water partition coefficient (Wildman–Crippen LogP) is -2.38. The van der Waals surface area contributed by atoms with Crippen molar-refractivity contribution in [1.82, 2.24) is 8.43 Å². The molecule has 106 valence electrons. The van der Waals surface area contributed by atoms with Gasteiger partial charge in [-0.3, -0.25) is 0 Å². The molecule has 3 N–H and O–H groups in total. The van der Waals surface area contributed by atoms with Crippen LogP contribution in [0.1, 0.15) is 26.2 Å². The number of aliphatic carboxylic acids is 1. The minimum atomic E-state index is -0.704. The van der Waals surface area contributed by atoms with Gasteiger partial charge >= 0.3 is 128 Å². The molecule has 4 unspecified atom stereocenters. The van der Waals surface area contributed by atoms with Crippen LogP contribution in [0.4, 0.5) is 0 Å². The number of carbonyl (C=O) groups is 1. The third kappa shape index (κ3) is 3.28. The van der Waals surface area contributed by atoms with E-state index >= 15 is 0 Å². The van der Waals surface area contributed by atoms with Gasteiger partial charge in [-0.2, -0.15) is 0 Å². The van der Waals surface area contributed by atoms with Gasteiger partial charge in [-0.05, 0) is 0 Å². The molecule has 0 aromatic heterocycles. The predicted molar refractivity (Wildman–Crippen MR) is 71.9 cm³/mol. The Morgan fingerprint density at radius 2 is 2.39 bits per heavy atom. The first kappa shape index (κ1) is 15.2. The molecule has 2 fully saturated rings. The zero-order valence-corrected chi connectivity index (χ0v) is 14.6. The van der Waals surface area contributed by atoms with Crippen molar-refractivity contribution in [3.63, 3.8) is 0 Å². The maximum absolute atomic E-state index is 10.8. The number of carboxylic acid groups (broad SMARTS) is 1. The Morgan fingerprint density at radius 1 is 1.67 bits per heavy atom. The van der Waals surface area contributed by atoms with Crippen LogP contribution in [-0.4, -0.2) is 50.1 Å². The molecular weight excluding hydrogens is 462 g/mol. The summed E-state index contributed by atoms with van der Waals surface area (Å²) >= 11 is 2.41. The summed E-state index contributed by atoms with van der Waals surface area (Å²) in [5, 5.41) is 22.4. The Kier molecular flexibility index (Phi) is 5.12. The van der Waals surface area contributed by atoms with Crippen molar-refractivity contribution < 1.29 is 32.5 Å². The first-order chi connectivity index (χ1) is 8.44. The number of aliphatic hydroxyl groups is 1. The number of hydrogen-bond acceptors (Lipinski definition) is 4. The number of halogens is 2. The molecule has 2 aliphatic rings. The van der Waals surface area contributed by atoms with Gasteiger partial charge < -0.3 is 0 Å². The van der Waals surface area contributed by atoms with Crippen molar-refractivity contribution in [2.45, 2.75) is 43.9 Å². The molecule has 2 heterocycles. The molecule has 0 bridgehead atoms. The Labute approximate surface area is 127 Å². The molecule has 0 aromatic carbocycles. The van der Waals surface area contributed by atoms with Crippen LogP contribution in [0.3, 0.4) is 0 Å². The fourth-order valence-corrected chi connectivity index (χ4v) is 7.24. The minimum absolute atomic E-state index is 0.0376. The van der Waals surface area contributed by atoms with E-state index in [1.165, 1.54) is 0 Å². The zero-order chi connectivity index (χ0) is 13.3. The van der Waals surface area contributed by atoms with Gasteiger partial charge in [0.05, 0.1) is 0 Å². The molecule has 18 heavy (non-hydrogen) atoms. The van der Waals surface area contributed by atoms with Crippen LogP contribution in [0, 0.1) is 5.92 Å². The van der Waals surface area contributed by atoms with Gasteiger partial charge in [0.1, 0.15) is 0 Å². The number of hydrogen-bond donors (Lipinski definition) is 3. The van der Waals surface area contributed by atoms with E-state index in [1.54, 1.807) is 0 Å². The van der Waals surface area contributed by atoms with Crippen molar-refractivity contribution in [3.8, 4) is 0 Å². The van der Waals surface area contributed by atoms with Crippen LogP contribution in [0.25, 0.3) is 0 Å². The van der Waals surface area contributed by atoms with E-state index < -0.39 is 11.6 Å².